The Morgan fingerprint density at radius 2 is 1.83 bits per heavy atom. The lowest BCUT2D eigenvalue weighted by Crippen LogP contribution is -2.83. The normalized spacial score (nSPS) is 27.6. The van der Waals surface area contributed by atoms with Gasteiger partial charge in [-0.3, -0.25) is 9.11 Å². The molecule has 3 atom stereocenters. The Bertz CT molecular complexity index is 1240. The molecule has 2 fully saturated rings. The number of phenols is 1. The summed E-state index contributed by atoms with van der Waals surface area (Å²) >= 11 is 0. The third-order valence-corrected chi connectivity index (χ3v) is 9.20. The van der Waals surface area contributed by atoms with Crippen LogP contribution in [0.3, 0.4) is 0 Å². The number of aromatic hydroxyl groups is 1. The average molecular weight is 548 g/mol. The summed E-state index contributed by atoms with van der Waals surface area (Å²) in [7, 11) is -9.25. The van der Waals surface area contributed by atoms with Gasteiger partial charge in [0.15, 0.2) is 5.75 Å². The Morgan fingerprint density at radius 3 is 2.44 bits per heavy atom. The molecule has 0 amide bonds. The van der Waals surface area contributed by atoms with E-state index in [1.165, 1.54) is 5.32 Å². The minimum absolute atomic E-state index is 0.119. The number of nitrogens with two attached hydrogens (primary N) is 1. The SMILES string of the molecule is CC1CCC2C(C)(C)CCCC2(C)C1=Cc1cc(O)c([O-])c(C[NH2+]CCS(=O)(=O)O)c1OS(=O)(=O)O. The van der Waals surface area contributed by atoms with Crippen molar-refractivity contribution >= 4 is 26.6 Å². The molecule has 2 aliphatic carbocycles. The van der Waals surface area contributed by atoms with Crippen molar-refractivity contribution in [2.45, 2.75) is 66.3 Å². The van der Waals surface area contributed by atoms with Crippen LogP contribution in [0.5, 0.6) is 17.2 Å². The highest BCUT2D eigenvalue weighted by molar-refractivity contribution is 7.85. The molecule has 204 valence electrons. The predicted molar refractivity (Wildman–Crippen MR) is 132 cm³/mol. The van der Waals surface area contributed by atoms with Gasteiger partial charge in [0.05, 0.1) is 6.54 Å². The molecule has 36 heavy (non-hydrogen) atoms. The maximum atomic E-state index is 12.7. The monoisotopic (exact) mass is 547 g/mol. The van der Waals surface area contributed by atoms with Crippen molar-refractivity contribution in [3.05, 3.63) is 22.8 Å². The molecule has 2 aliphatic rings. The lowest BCUT2D eigenvalue weighted by molar-refractivity contribution is -0.667. The molecule has 1 aromatic rings. The zero-order chi connectivity index (χ0) is 27.1. The van der Waals surface area contributed by atoms with E-state index >= 15 is 0 Å². The first-order valence-electron chi connectivity index (χ1n) is 12.2. The molecular weight excluding hydrogens is 510 g/mol. The second-order valence-corrected chi connectivity index (χ2v) is 13.7. The van der Waals surface area contributed by atoms with Gasteiger partial charge < -0.3 is 19.7 Å². The number of benzene rings is 1. The average Bonchev–Trinajstić information content (AvgIpc) is 2.70. The van der Waals surface area contributed by atoms with Crippen LogP contribution in [-0.4, -0.2) is 43.3 Å². The zero-order valence-electron chi connectivity index (χ0n) is 21.2. The number of allylic oxidation sites excluding steroid dienone is 1. The first-order valence-corrected chi connectivity index (χ1v) is 15.1. The smallest absolute Gasteiger partial charge is 0.446 e. The fourth-order valence-electron chi connectivity index (χ4n) is 6.47. The van der Waals surface area contributed by atoms with Crippen molar-refractivity contribution < 1.29 is 45.7 Å². The molecule has 3 rings (SSSR count). The van der Waals surface area contributed by atoms with E-state index in [-0.39, 0.29) is 41.0 Å². The zero-order valence-corrected chi connectivity index (χ0v) is 22.8. The molecule has 0 saturated heterocycles. The second-order valence-electron chi connectivity index (χ2n) is 11.1. The minimum atomic E-state index is -5.02. The number of fused-ring (bicyclic) bond motifs is 1. The van der Waals surface area contributed by atoms with E-state index in [2.05, 4.69) is 27.7 Å². The molecule has 10 nitrogen and oxygen atoms in total. The van der Waals surface area contributed by atoms with Gasteiger partial charge in [-0.05, 0) is 54.4 Å². The first-order chi connectivity index (χ1) is 16.4. The van der Waals surface area contributed by atoms with Gasteiger partial charge in [-0.1, -0.05) is 51.5 Å². The topological polar surface area (TPSA) is 178 Å². The first kappa shape index (κ1) is 28.7. The number of hydrogen-bond donors (Lipinski definition) is 4. The van der Waals surface area contributed by atoms with Gasteiger partial charge in [0.25, 0.3) is 10.1 Å². The second kappa shape index (κ2) is 10.1. The Morgan fingerprint density at radius 1 is 1.17 bits per heavy atom. The van der Waals surface area contributed by atoms with Crippen molar-refractivity contribution in [2.75, 3.05) is 12.3 Å². The van der Waals surface area contributed by atoms with Crippen LogP contribution in [0.15, 0.2) is 11.6 Å². The van der Waals surface area contributed by atoms with E-state index in [0.717, 1.165) is 43.7 Å². The Kier molecular flexibility index (Phi) is 8.08. The highest BCUT2D eigenvalue weighted by Crippen LogP contribution is 2.61. The molecule has 0 heterocycles. The molecule has 5 N–H and O–H groups in total. The van der Waals surface area contributed by atoms with Gasteiger partial charge >= 0.3 is 10.4 Å². The highest BCUT2D eigenvalue weighted by atomic mass is 32.3. The number of quaternary nitrogens is 1. The molecular formula is C24H37NO9S2. The summed E-state index contributed by atoms with van der Waals surface area (Å²) in [5.74, 6) is -1.93. The molecule has 2 saturated carbocycles. The van der Waals surface area contributed by atoms with Crippen molar-refractivity contribution in [2.24, 2.45) is 22.7 Å². The summed E-state index contributed by atoms with van der Waals surface area (Å²) in [4.78, 5) is 0. The van der Waals surface area contributed by atoms with Gasteiger partial charge in [0.2, 0.25) is 0 Å². The van der Waals surface area contributed by atoms with Crippen LogP contribution in [0.2, 0.25) is 0 Å². The van der Waals surface area contributed by atoms with E-state index in [0.29, 0.717) is 5.92 Å². The van der Waals surface area contributed by atoms with Crippen molar-refractivity contribution in [1.82, 2.24) is 0 Å². The van der Waals surface area contributed by atoms with E-state index in [1.54, 1.807) is 6.08 Å². The third-order valence-electron chi connectivity index (χ3n) is 8.07. The van der Waals surface area contributed by atoms with Crippen LogP contribution < -0.4 is 14.6 Å². The number of rotatable bonds is 8. The van der Waals surface area contributed by atoms with Crippen LogP contribution in [0, 0.1) is 22.7 Å². The van der Waals surface area contributed by atoms with Gasteiger partial charge in [0, 0.05) is 11.1 Å². The summed E-state index contributed by atoms with van der Waals surface area (Å²) in [5, 5.41) is 24.5. The number of phenolic OH excluding ortho intramolecular Hbond substituents is 1. The third kappa shape index (κ3) is 6.34. The molecule has 0 aromatic heterocycles. The van der Waals surface area contributed by atoms with Crippen molar-refractivity contribution in [3.8, 4) is 17.2 Å². The highest BCUT2D eigenvalue weighted by Gasteiger charge is 2.51. The van der Waals surface area contributed by atoms with Crippen LogP contribution in [0.1, 0.15) is 70.9 Å². The maximum Gasteiger partial charge on any atom is 0.446 e. The molecule has 0 aliphatic heterocycles. The van der Waals surface area contributed by atoms with Gasteiger partial charge in [0.1, 0.15) is 18.0 Å². The number of hydrogen-bond acceptors (Lipinski definition) is 7. The largest absolute Gasteiger partial charge is 0.870 e. The summed E-state index contributed by atoms with van der Waals surface area (Å²) in [6.07, 6.45) is 6.88. The molecule has 12 heteroatoms. The van der Waals surface area contributed by atoms with E-state index < -0.39 is 43.5 Å². The summed E-state index contributed by atoms with van der Waals surface area (Å²) in [6, 6.07) is 1.14. The summed E-state index contributed by atoms with van der Waals surface area (Å²) in [6.45, 7) is 8.50. The van der Waals surface area contributed by atoms with Crippen LogP contribution >= 0.6 is 0 Å². The summed E-state index contributed by atoms with van der Waals surface area (Å²) < 4.78 is 68.7. The van der Waals surface area contributed by atoms with Crippen molar-refractivity contribution in [1.29, 1.82) is 0 Å². The predicted octanol–water partition coefficient (Wildman–Crippen LogP) is 2.24. The molecule has 0 bridgehead atoms. The van der Waals surface area contributed by atoms with Crippen molar-refractivity contribution in [3.63, 3.8) is 0 Å². The van der Waals surface area contributed by atoms with E-state index in [4.69, 9.17) is 8.74 Å². The minimum Gasteiger partial charge on any atom is -0.870 e. The van der Waals surface area contributed by atoms with Gasteiger partial charge in [-0.15, -0.1) is 0 Å². The Hall–Kier alpha value is -1.86. The Labute approximate surface area is 213 Å². The van der Waals surface area contributed by atoms with Crippen LogP contribution in [0.4, 0.5) is 0 Å². The van der Waals surface area contributed by atoms with E-state index in [9.17, 15) is 31.6 Å². The molecule has 1 aromatic carbocycles. The molecule has 3 unspecified atom stereocenters. The lowest BCUT2D eigenvalue weighted by Gasteiger charge is -2.56. The fourth-order valence-corrected chi connectivity index (χ4v) is 7.34. The van der Waals surface area contributed by atoms with Crippen LogP contribution in [0.25, 0.3) is 6.08 Å². The quantitative estimate of drug-likeness (QED) is 0.281. The molecule has 0 radical (unpaired) electrons. The van der Waals surface area contributed by atoms with Gasteiger partial charge in [-0.25, -0.2) is 0 Å². The van der Waals surface area contributed by atoms with Gasteiger partial charge in [-0.2, -0.15) is 16.8 Å². The maximum absolute atomic E-state index is 12.7. The summed E-state index contributed by atoms with van der Waals surface area (Å²) in [5.41, 5.74) is 0.932. The molecule has 0 spiro atoms. The standard InChI is InChI=1S/C24H37NO9S2/c1-15-6-7-20-23(2,3)8-5-9-24(20,4)18(15)12-16-13-19(26)21(27)17(22(16)34-36(31,32)33)14-25-10-11-35(28,29)30/h12-13,15,20,25-27H,5-11,14H2,1-4H3,(H,28,29,30)(H,31,32,33). The fraction of sp³-hybridized carbons (Fsp3) is 0.667. The lowest BCUT2D eigenvalue weighted by atomic mass is 9.48. The Balaban J connectivity index is 2.13. The van der Waals surface area contributed by atoms with E-state index in [1.807, 2.05) is 0 Å². The van der Waals surface area contributed by atoms with Crippen LogP contribution in [-0.2, 0) is 27.1 Å².